The molecule has 2 N–H and O–H groups in total. The van der Waals surface area contributed by atoms with Crippen molar-refractivity contribution in [2.75, 3.05) is 13.7 Å². The van der Waals surface area contributed by atoms with Gasteiger partial charge in [-0.25, -0.2) is 4.79 Å². The Morgan fingerprint density at radius 2 is 2.19 bits per heavy atom. The summed E-state index contributed by atoms with van der Waals surface area (Å²) < 4.78 is 5.23. The van der Waals surface area contributed by atoms with Crippen LogP contribution in [0.15, 0.2) is 24.8 Å². The Balaban J connectivity index is 1.82. The van der Waals surface area contributed by atoms with Crippen LogP contribution in [0, 0.1) is 0 Å². The summed E-state index contributed by atoms with van der Waals surface area (Å²) in [5, 5.41) is 4.94. The van der Waals surface area contributed by atoms with Crippen molar-refractivity contribution < 1.29 is 14.3 Å². The Labute approximate surface area is 122 Å². The molecule has 0 aliphatic carbocycles. The molecule has 0 bridgehead atoms. The summed E-state index contributed by atoms with van der Waals surface area (Å²) >= 11 is 0. The van der Waals surface area contributed by atoms with E-state index in [-0.39, 0.29) is 5.91 Å². The lowest BCUT2D eigenvalue weighted by Crippen LogP contribution is -2.51. The fourth-order valence-corrected chi connectivity index (χ4v) is 2.78. The molecule has 6 nitrogen and oxygen atoms in total. The number of imide groups is 1. The first-order valence-electron chi connectivity index (χ1n) is 6.68. The highest BCUT2D eigenvalue weighted by Gasteiger charge is 2.44. The van der Waals surface area contributed by atoms with Crippen LogP contribution in [-0.4, -0.2) is 36.0 Å². The Kier molecular flexibility index (Phi) is 2.90. The fourth-order valence-electron chi connectivity index (χ4n) is 2.78. The van der Waals surface area contributed by atoms with Gasteiger partial charge in [0, 0.05) is 17.8 Å². The van der Waals surface area contributed by atoms with Crippen molar-refractivity contribution in [3.05, 3.63) is 35.9 Å². The zero-order valence-corrected chi connectivity index (χ0v) is 12.0. The van der Waals surface area contributed by atoms with Gasteiger partial charge in [-0.15, -0.1) is 0 Å². The number of rotatable bonds is 3. The summed E-state index contributed by atoms with van der Waals surface area (Å²) in [6.45, 7) is 6.85. The van der Waals surface area contributed by atoms with Crippen LogP contribution in [0.1, 0.15) is 18.1 Å². The number of benzene rings is 1. The van der Waals surface area contributed by atoms with Crippen LogP contribution < -0.4 is 15.4 Å². The maximum atomic E-state index is 11.9. The minimum Gasteiger partial charge on any atom is -0.497 e. The lowest BCUT2D eigenvalue weighted by atomic mass is 10.0. The van der Waals surface area contributed by atoms with Crippen LogP contribution in [-0.2, 0) is 11.3 Å². The molecule has 2 heterocycles. The number of hydrogen-bond acceptors (Lipinski definition) is 4. The van der Waals surface area contributed by atoms with Crippen LogP contribution in [0.25, 0.3) is 5.70 Å². The van der Waals surface area contributed by atoms with E-state index in [1.165, 1.54) is 0 Å². The molecule has 1 unspecified atom stereocenters. The van der Waals surface area contributed by atoms with Crippen molar-refractivity contribution in [2.24, 2.45) is 0 Å². The van der Waals surface area contributed by atoms with E-state index < -0.39 is 11.6 Å². The van der Waals surface area contributed by atoms with Gasteiger partial charge in [0.15, 0.2) is 0 Å². The smallest absolute Gasteiger partial charge is 0.322 e. The van der Waals surface area contributed by atoms with E-state index in [9.17, 15) is 9.59 Å². The maximum absolute atomic E-state index is 11.9. The minimum atomic E-state index is -0.938. The molecule has 1 saturated heterocycles. The van der Waals surface area contributed by atoms with Gasteiger partial charge in [-0.2, -0.15) is 0 Å². The van der Waals surface area contributed by atoms with Gasteiger partial charge in [0.25, 0.3) is 5.91 Å². The molecule has 1 aromatic rings. The summed E-state index contributed by atoms with van der Waals surface area (Å²) in [6, 6.07) is 5.38. The van der Waals surface area contributed by atoms with E-state index in [1.807, 2.05) is 23.1 Å². The normalized spacial score (nSPS) is 23.9. The lowest BCUT2D eigenvalue weighted by Gasteiger charge is -2.29. The van der Waals surface area contributed by atoms with Crippen LogP contribution in [0.4, 0.5) is 4.79 Å². The minimum absolute atomic E-state index is 0.311. The molecule has 0 spiro atoms. The van der Waals surface area contributed by atoms with E-state index in [4.69, 9.17) is 4.74 Å². The molecule has 3 amide bonds. The van der Waals surface area contributed by atoms with Gasteiger partial charge in [-0.1, -0.05) is 12.6 Å². The zero-order valence-electron chi connectivity index (χ0n) is 12.0. The zero-order chi connectivity index (χ0) is 15.2. The Morgan fingerprint density at radius 1 is 1.43 bits per heavy atom. The third-order valence-electron chi connectivity index (χ3n) is 4.00. The number of nitrogens with zero attached hydrogens (tertiary/aromatic N) is 1. The van der Waals surface area contributed by atoms with Crippen LogP contribution in [0.3, 0.4) is 0 Å². The number of fused-ring (bicyclic) bond motifs is 1. The molecule has 3 rings (SSSR count). The number of amides is 3. The number of hydrogen-bond donors (Lipinski definition) is 2. The second-order valence-electron chi connectivity index (χ2n) is 5.57. The van der Waals surface area contributed by atoms with Crippen molar-refractivity contribution in [3.63, 3.8) is 0 Å². The molecule has 0 aromatic heterocycles. The van der Waals surface area contributed by atoms with Gasteiger partial charge in [0.05, 0.1) is 13.7 Å². The van der Waals surface area contributed by atoms with Crippen molar-refractivity contribution in [3.8, 4) is 5.75 Å². The Hall–Kier alpha value is -2.50. The lowest BCUT2D eigenvalue weighted by molar-refractivity contribution is -0.123. The van der Waals surface area contributed by atoms with Crippen LogP contribution in [0.5, 0.6) is 5.75 Å². The van der Waals surface area contributed by atoms with Gasteiger partial charge in [-0.05, 0) is 24.6 Å². The SMILES string of the molecule is C=C1c2cc(OC)ccc2CN1CC1(C)NC(=O)NC1=O. The standard InChI is InChI=1S/C15H17N3O3/c1-9-12-6-11(21-3)5-4-10(12)7-18(9)8-15(2)13(19)16-14(20)17-15/h4-6H,1,7-8H2,2-3H3,(H2,16,17,19,20). The number of urea groups is 1. The molecular formula is C15H17N3O3. The number of carbonyl (C=O) groups excluding carboxylic acids is 2. The first kappa shape index (κ1) is 13.5. The van der Waals surface area contributed by atoms with Crippen molar-refractivity contribution in [1.29, 1.82) is 0 Å². The average molecular weight is 287 g/mol. The molecule has 110 valence electrons. The Morgan fingerprint density at radius 3 is 2.81 bits per heavy atom. The van der Waals surface area contributed by atoms with E-state index in [0.29, 0.717) is 13.1 Å². The van der Waals surface area contributed by atoms with E-state index in [2.05, 4.69) is 17.2 Å². The van der Waals surface area contributed by atoms with E-state index in [0.717, 1.165) is 22.6 Å². The summed E-state index contributed by atoms with van der Waals surface area (Å²) in [4.78, 5) is 25.2. The molecule has 2 aliphatic heterocycles. The summed E-state index contributed by atoms with van der Waals surface area (Å²) in [7, 11) is 1.62. The molecule has 1 atom stereocenters. The second-order valence-corrected chi connectivity index (χ2v) is 5.57. The van der Waals surface area contributed by atoms with Gasteiger partial charge < -0.3 is 15.0 Å². The molecule has 0 radical (unpaired) electrons. The van der Waals surface area contributed by atoms with Crippen molar-refractivity contribution >= 4 is 17.6 Å². The number of ether oxygens (including phenoxy) is 1. The number of nitrogens with one attached hydrogen (secondary N) is 2. The predicted molar refractivity (Wildman–Crippen MR) is 77.5 cm³/mol. The van der Waals surface area contributed by atoms with Gasteiger partial charge >= 0.3 is 6.03 Å². The van der Waals surface area contributed by atoms with Crippen LogP contribution in [0.2, 0.25) is 0 Å². The maximum Gasteiger partial charge on any atom is 0.322 e. The van der Waals surface area contributed by atoms with Gasteiger partial charge in [0.2, 0.25) is 0 Å². The topological polar surface area (TPSA) is 70.7 Å². The highest BCUT2D eigenvalue weighted by atomic mass is 16.5. The molecule has 2 aliphatic rings. The van der Waals surface area contributed by atoms with Crippen LogP contribution >= 0.6 is 0 Å². The number of methoxy groups -OCH3 is 1. The van der Waals surface area contributed by atoms with E-state index in [1.54, 1.807) is 14.0 Å². The molecule has 1 aromatic carbocycles. The second kappa shape index (κ2) is 4.51. The molecule has 1 fully saturated rings. The third kappa shape index (κ3) is 2.12. The van der Waals surface area contributed by atoms with Crippen molar-refractivity contribution in [2.45, 2.75) is 19.0 Å². The summed E-state index contributed by atoms with van der Waals surface area (Å²) in [5.41, 5.74) is 2.04. The predicted octanol–water partition coefficient (Wildman–Crippen LogP) is 1.08. The average Bonchev–Trinajstić information content (AvgIpc) is 2.87. The largest absolute Gasteiger partial charge is 0.497 e. The molecule has 0 saturated carbocycles. The molecular weight excluding hydrogens is 270 g/mol. The summed E-state index contributed by atoms with van der Waals surface area (Å²) in [5.74, 6) is 0.462. The monoisotopic (exact) mass is 287 g/mol. The number of carbonyl (C=O) groups is 2. The van der Waals surface area contributed by atoms with Gasteiger partial charge in [0.1, 0.15) is 11.3 Å². The fraction of sp³-hybridized carbons (Fsp3) is 0.333. The third-order valence-corrected chi connectivity index (χ3v) is 4.00. The molecule has 21 heavy (non-hydrogen) atoms. The first-order chi connectivity index (χ1) is 9.93. The Bertz CT molecular complexity index is 656. The quantitative estimate of drug-likeness (QED) is 0.816. The molecule has 6 heteroatoms. The first-order valence-corrected chi connectivity index (χ1v) is 6.68. The summed E-state index contributed by atoms with van der Waals surface area (Å²) in [6.07, 6.45) is 0. The highest BCUT2D eigenvalue weighted by molar-refractivity contribution is 6.07. The highest BCUT2D eigenvalue weighted by Crippen LogP contribution is 2.35. The van der Waals surface area contributed by atoms with Gasteiger partial charge in [-0.3, -0.25) is 10.1 Å². The van der Waals surface area contributed by atoms with Crippen molar-refractivity contribution in [1.82, 2.24) is 15.5 Å². The van der Waals surface area contributed by atoms with E-state index >= 15 is 0 Å².